The molecule has 3 rings (SSSR count). The third-order valence-corrected chi connectivity index (χ3v) is 4.37. The highest BCUT2D eigenvalue weighted by Crippen LogP contribution is 2.24. The molecule has 1 heterocycles. The molecule has 1 fully saturated rings. The minimum atomic E-state index is -0.591. The van der Waals surface area contributed by atoms with Crippen LogP contribution in [0, 0.1) is 0 Å². The number of allylic oxidation sites excluding steroid dienone is 1. The van der Waals surface area contributed by atoms with Crippen LogP contribution in [0.4, 0.5) is 5.69 Å². The smallest absolute Gasteiger partial charge is 0.270 e. The van der Waals surface area contributed by atoms with Crippen LogP contribution in [0.2, 0.25) is 5.02 Å². The molecule has 2 aromatic carbocycles. The van der Waals surface area contributed by atoms with Gasteiger partial charge in [-0.3, -0.25) is 19.8 Å². The van der Waals surface area contributed by atoms with E-state index in [1.807, 2.05) is 32.3 Å². The molecular formula is C21H18ClN3O3S. The first-order valence-corrected chi connectivity index (χ1v) is 9.42. The molecule has 0 unspecified atom stereocenters. The first kappa shape index (κ1) is 20.6. The van der Waals surface area contributed by atoms with E-state index in [-0.39, 0.29) is 10.7 Å². The van der Waals surface area contributed by atoms with E-state index in [1.54, 1.807) is 47.5 Å². The summed E-state index contributed by atoms with van der Waals surface area (Å²) in [5.41, 5.74) is 0.398. The molecule has 0 saturated carbocycles. The fraction of sp³-hybridized carbons (Fsp3) is 0.0952. The zero-order valence-corrected chi connectivity index (χ0v) is 17.3. The van der Waals surface area contributed by atoms with Crippen molar-refractivity contribution < 1.29 is 14.3 Å². The van der Waals surface area contributed by atoms with Gasteiger partial charge < -0.3 is 9.64 Å². The molecule has 0 aliphatic carbocycles. The monoisotopic (exact) mass is 427 g/mol. The quantitative estimate of drug-likeness (QED) is 0.342. The lowest BCUT2D eigenvalue weighted by atomic mass is 10.1. The van der Waals surface area contributed by atoms with E-state index in [9.17, 15) is 9.59 Å². The Hall–Kier alpha value is -3.16. The van der Waals surface area contributed by atoms with E-state index >= 15 is 0 Å². The predicted octanol–water partition coefficient (Wildman–Crippen LogP) is 3.50. The number of carbonyl (C=O) groups excluding carboxylic acids is 2. The SMILES string of the molecule is CN(C)C=C(C=C1C(=O)NC(=S)N(c2ccc(Cl)cc2)C1=O)Oc1ccccc1. The van der Waals surface area contributed by atoms with E-state index in [0.717, 1.165) is 0 Å². The Morgan fingerprint density at radius 2 is 1.76 bits per heavy atom. The Bertz CT molecular complexity index is 1000. The maximum Gasteiger partial charge on any atom is 0.270 e. The minimum absolute atomic E-state index is 0.00147. The van der Waals surface area contributed by atoms with Gasteiger partial charge in [-0.15, -0.1) is 0 Å². The van der Waals surface area contributed by atoms with Crippen molar-refractivity contribution in [3.63, 3.8) is 0 Å². The lowest BCUT2D eigenvalue weighted by Gasteiger charge is -2.29. The van der Waals surface area contributed by atoms with Crippen LogP contribution in [0.15, 0.2) is 78.2 Å². The average Bonchev–Trinajstić information content (AvgIpc) is 2.67. The van der Waals surface area contributed by atoms with Gasteiger partial charge in [0.15, 0.2) is 5.11 Å². The molecule has 2 amide bonds. The van der Waals surface area contributed by atoms with Crippen molar-refractivity contribution in [2.45, 2.75) is 0 Å². The van der Waals surface area contributed by atoms with Crippen LogP contribution in [-0.4, -0.2) is 35.9 Å². The first-order valence-electron chi connectivity index (χ1n) is 8.63. The first-order chi connectivity index (χ1) is 13.8. The van der Waals surface area contributed by atoms with Crippen LogP contribution >= 0.6 is 23.8 Å². The number of anilines is 1. The van der Waals surface area contributed by atoms with Crippen molar-refractivity contribution in [3.8, 4) is 5.75 Å². The van der Waals surface area contributed by atoms with Crippen molar-refractivity contribution >= 4 is 46.4 Å². The maximum atomic E-state index is 13.1. The normalized spacial score (nSPS) is 16.1. The number of hydrogen-bond acceptors (Lipinski definition) is 5. The van der Waals surface area contributed by atoms with Crippen LogP contribution < -0.4 is 15.0 Å². The van der Waals surface area contributed by atoms with Crippen molar-refractivity contribution in [1.82, 2.24) is 10.2 Å². The Morgan fingerprint density at radius 3 is 2.38 bits per heavy atom. The molecule has 1 aliphatic heterocycles. The number of ether oxygens (including phenoxy) is 1. The molecule has 2 aromatic rings. The summed E-state index contributed by atoms with van der Waals surface area (Å²) >= 11 is 11.1. The third-order valence-electron chi connectivity index (χ3n) is 3.84. The fourth-order valence-electron chi connectivity index (χ4n) is 2.60. The van der Waals surface area contributed by atoms with Gasteiger partial charge in [0.2, 0.25) is 0 Å². The summed E-state index contributed by atoms with van der Waals surface area (Å²) in [6, 6.07) is 15.7. The number of para-hydroxylation sites is 1. The summed E-state index contributed by atoms with van der Waals surface area (Å²) in [6.45, 7) is 0. The highest BCUT2D eigenvalue weighted by atomic mass is 35.5. The summed E-state index contributed by atoms with van der Waals surface area (Å²) in [5, 5.41) is 3.07. The number of rotatable bonds is 5. The molecule has 0 radical (unpaired) electrons. The predicted molar refractivity (Wildman–Crippen MR) is 117 cm³/mol. The highest BCUT2D eigenvalue weighted by molar-refractivity contribution is 7.80. The molecule has 0 aromatic heterocycles. The summed E-state index contributed by atoms with van der Waals surface area (Å²) in [4.78, 5) is 28.6. The standard InChI is InChI=1S/C21H18ClN3O3S/c1-24(2)13-17(28-16-6-4-3-5-7-16)12-18-19(26)23-21(29)25(20(18)27)15-10-8-14(22)9-11-15/h3-13H,1-2H3,(H,23,26,29). The molecule has 1 saturated heterocycles. The second-order valence-electron chi connectivity index (χ2n) is 6.34. The van der Waals surface area contributed by atoms with Crippen LogP contribution in [0.25, 0.3) is 0 Å². The fourth-order valence-corrected chi connectivity index (χ4v) is 3.00. The molecule has 0 spiro atoms. The third kappa shape index (κ3) is 5.01. The van der Waals surface area contributed by atoms with Crippen molar-refractivity contribution in [3.05, 3.63) is 83.2 Å². The van der Waals surface area contributed by atoms with Gasteiger partial charge in [0, 0.05) is 31.4 Å². The molecule has 6 nitrogen and oxygen atoms in total. The maximum absolute atomic E-state index is 13.1. The Morgan fingerprint density at radius 1 is 1.10 bits per heavy atom. The Balaban J connectivity index is 1.97. The second-order valence-corrected chi connectivity index (χ2v) is 7.17. The van der Waals surface area contributed by atoms with E-state index in [4.69, 9.17) is 28.6 Å². The number of halogens is 1. The van der Waals surface area contributed by atoms with Gasteiger partial charge in [-0.05, 0) is 48.6 Å². The highest BCUT2D eigenvalue weighted by Gasteiger charge is 2.34. The minimum Gasteiger partial charge on any atom is -0.456 e. The summed E-state index contributed by atoms with van der Waals surface area (Å²) in [5.74, 6) is -0.247. The largest absolute Gasteiger partial charge is 0.456 e. The van der Waals surface area contributed by atoms with E-state index < -0.39 is 11.8 Å². The van der Waals surface area contributed by atoms with Crippen molar-refractivity contribution in [2.75, 3.05) is 19.0 Å². The number of hydrogen-bond donors (Lipinski definition) is 1. The van der Waals surface area contributed by atoms with Gasteiger partial charge in [0.25, 0.3) is 11.8 Å². The molecule has 148 valence electrons. The number of carbonyl (C=O) groups is 2. The Kier molecular flexibility index (Phi) is 6.31. The van der Waals surface area contributed by atoms with E-state index in [2.05, 4.69) is 5.32 Å². The molecule has 1 N–H and O–H groups in total. The molecule has 0 bridgehead atoms. The van der Waals surface area contributed by atoms with Crippen molar-refractivity contribution in [1.29, 1.82) is 0 Å². The molecular weight excluding hydrogens is 410 g/mol. The van der Waals surface area contributed by atoms with Gasteiger partial charge in [0.1, 0.15) is 17.1 Å². The van der Waals surface area contributed by atoms with E-state index in [1.165, 1.54) is 11.0 Å². The van der Waals surface area contributed by atoms with E-state index in [0.29, 0.717) is 22.2 Å². The van der Waals surface area contributed by atoms with Gasteiger partial charge in [-0.1, -0.05) is 29.8 Å². The molecule has 29 heavy (non-hydrogen) atoms. The summed E-state index contributed by atoms with van der Waals surface area (Å²) in [7, 11) is 3.62. The average molecular weight is 428 g/mol. The van der Waals surface area contributed by atoms with Crippen LogP contribution in [0.5, 0.6) is 5.75 Å². The second kappa shape index (κ2) is 8.89. The lowest BCUT2D eigenvalue weighted by Crippen LogP contribution is -2.54. The van der Waals surface area contributed by atoms with Gasteiger partial charge in [-0.25, -0.2) is 0 Å². The molecule has 1 aliphatic rings. The topological polar surface area (TPSA) is 61.9 Å². The lowest BCUT2D eigenvalue weighted by molar-refractivity contribution is -0.122. The van der Waals surface area contributed by atoms with Crippen LogP contribution in [0.3, 0.4) is 0 Å². The van der Waals surface area contributed by atoms with Gasteiger partial charge in [-0.2, -0.15) is 0 Å². The van der Waals surface area contributed by atoms with Crippen molar-refractivity contribution in [2.24, 2.45) is 0 Å². The van der Waals surface area contributed by atoms with Crippen LogP contribution in [-0.2, 0) is 9.59 Å². The zero-order chi connectivity index (χ0) is 21.0. The molecule has 0 atom stereocenters. The number of amides is 2. The summed E-state index contributed by atoms with van der Waals surface area (Å²) < 4.78 is 5.85. The molecule has 8 heteroatoms. The van der Waals surface area contributed by atoms with Crippen LogP contribution in [0.1, 0.15) is 0 Å². The number of benzene rings is 2. The number of nitrogens with one attached hydrogen (secondary N) is 1. The summed E-state index contributed by atoms with van der Waals surface area (Å²) in [6.07, 6.45) is 3.06. The Labute approximate surface area is 179 Å². The van der Waals surface area contributed by atoms with Gasteiger partial charge in [0.05, 0.1) is 5.69 Å². The van der Waals surface area contributed by atoms with Gasteiger partial charge >= 0.3 is 0 Å². The number of thiocarbonyl (C=S) groups is 1. The number of nitrogens with zero attached hydrogens (tertiary/aromatic N) is 2. The zero-order valence-electron chi connectivity index (χ0n) is 15.8.